The number of para-hydroxylation sites is 2. The lowest BCUT2D eigenvalue weighted by atomic mass is 9.80. The number of phenols is 1. The van der Waals surface area contributed by atoms with E-state index in [1.807, 2.05) is 54.6 Å². The number of anilines is 4. The molecule has 176 valence electrons. The van der Waals surface area contributed by atoms with Gasteiger partial charge in [0.25, 0.3) is 0 Å². The topological polar surface area (TPSA) is 42.8 Å². The predicted octanol–water partition coefficient (Wildman–Crippen LogP) is 6.76. The predicted molar refractivity (Wildman–Crippen MR) is 143 cm³/mol. The van der Waals surface area contributed by atoms with Crippen LogP contribution in [-0.2, 0) is 5.41 Å². The van der Waals surface area contributed by atoms with Crippen LogP contribution in [0.25, 0.3) is 0 Å². The standard InChI is InChI=1S/C30H30N4O/c1-30(2,26-15-7-8-16-27(26)35)28-17-10-18-29(31-28)34(23-11-5-4-6-12-23)25-14-9-13-24(21-25)33-20-19-32(3)22-33/h4-21,35H,22H2,1-3H3. The van der Waals surface area contributed by atoms with Gasteiger partial charge in [0.2, 0.25) is 0 Å². The Labute approximate surface area is 207 Å². The van der Waals surface area contributed by atoms with Crippen LogP contribution in [0.1, 0.15) is 25.1 Å². The highest BCUT2D eigenvalue weighted by Gasteiger charge is 2.28. The van der Waals surface area contributed by atoms with Crippen molar-refractivity contribution in [3.8, 4) is 5.75 Å². The molecule has 5 nitrogen and oxygen atoms in total. The molecule has 5 rings (SSSR count). The Hall–Kier alpha value is -4.25. The Bertz CT molecular complexity index is 1350. The molecule has 0 spiro atoms. The number of phenolic OH excluding ortho intramolecular Hbond substituents is 1. The van der Waals surface area contributed by atoms with Crippen molar-refractivity contribution in [2.75, 3.05) is 23.5 Å². The number of nitrogens with zero attached hydrogens (tertiary/aromatic N) is 4. The van der Waals surface area contributed by atoms with Crippen molar-refractivity contribution in [2.24, 2.45) is 0 Å². The largest absolute Gasteiger partial charge is 0.508 e. The lowest BCUT2D eigenvalue weighted by molar-refractivity contribution is 0.451. The summed E-state index contributed by atoms with van der Waals surface area (Å²) in [6.07, 6.45) is 4.17. The molecule has 0 radical (unpaired) electrons. The van der Waals surface area contributed by atoms with Crippen molar-refractivity contribution in [3.63, 3.8) is 0 Å². The van der Waals surface area contributed by atoms with Crippen LogP contribution in [0, 0.1) is 0 Å². The summed E-state index contributed by atoms with van der Waals surface area (Å²) in [6, 6.07) is 32.4. The smallest absolute Gasteiger partial charge is 0.137 e. The number of aromatic hydroxyl groups is 1. The maximum atomic E-state index is 10.5. The number of rotatable bonds is 6. The highest BCUT2D eigenvalue weighted by molar-refractivity contribution is 5.77. The molecule has 5 heteroatoms. The van der Waals surface area contributed by atoms with Crippen molar-refractivity contribution >= 4 is 22.9 Å². The van der Waals surface area contributed by atoms with Crippen LogP contribution in [-0.4, -0.2) is 28.7 Å². The summed E-state index contributed by atoms with van der Waals surface area (Å²) < 4.78 is 0. The van der Waals surface area contributed by atoms with Crippen LogP contribution >= 0.6 is 0 Å². The molecule has 0 atom stereocenters. The lowest BCUT2D eigenvalue weighted by Crippen LogP contribution is -2.23. The van der Waals surface area contributed by atoms with E-state index in [0.29, 0.717) is 0 Å². The van der Waals surface area contributed by atoms with Crippen molar-refractivity contribution in [1.29, 1.82) is 0 Å². The molecule has 1 aliphatic heterocycles. The van der Waals surface area contributed by atoms with Crippen LogP contribution in [0.2, 0.25) is 0 Å². The van der Waals surface area contributed by atoms with Gasteiger partial charge in [-0.3, -0.25) is 4.90 Å². The molecule has 0 bridgehead atoms. The van der Waals surface area contributed by atoms with E-state index in [1.54, 1.807) is 6.07 Å². The summed E-state index contributed by atoms with van der Waals surface area (Å²) in [5, 5.41) is 10.5. The van der Waals surface area contributed by atoms with Crippen molar-refractivity contribution < 1.29 is 5.11 Å². The second-order valence-electron chi connectivity index (χ2n) is 9.38. The van der Waals surface area contributed by atoms with Crippen molar-refractivity contribution in [1.82, 2.24) is 9.88 Å². The van der Waals surface area contributed by atoms with Crippen LogP contribution < -0.4 is 9.80 Å². The van der Waals surface area contributed by atoms with E-state index < -0.39 is 5.41 Å². The number of hydrogen-bond donors (Lipinski definition) is 1. The normalized spacial score (nSPS) is 13.3. The van der Waals surface area contributed by atoms with E-state index in [2.05, 4.69) is 84.4 Å². The molecular formula is C30H30N4O. The van der Waals surface area contributed by atoms with Crippen molar-refractivity contribution in [3.05, 3.63) is 121 Å². The summed E-state index contributed by atoms with van der Waals surface area (Å²) in [7, 11) is 2.07. The second kappa shape index (κ2) is 9.18. The number of aromatic nitrogens is 1. The third kappa shape index (κ3) is 4.45. The zero-order valence-electron chi connectivity index (χ0n) is 20.3. The molecule has 0 amide bonds. The van der Waals surface area contributed by atoms with Gasteiger partial charge in [-0.15, -0.1) is 0 Å². The molecule has 0 aliphatic carbocycles. The second-order valence-corrected chi connectivity index (χ2v) is 9.38. The minimum atomic E-state index is -0.476. The van der Waals surface area contributed by atoms with Gasteiger partial charge >= 0.3 is 0 Å². The number of hydrogen-bond acceptors (Lipinski definition) is 5. The molecule has 0 saturated heterocycles. The summed E-state index contributed by atoms with van der Waals surface area (Å²) >= 11 is 0. The molecule has 1 aliphatic rings. The van der Waals surface area contributed by atoms with Crippen molar-refractivity contribution in [2.45, 2.75) is 19.3 Å². The number of pyridine rings is 1. The molecular weight excluding hydrogens is 432 g/mol. The Morgan fingerprint density at radius 2 is 1.51 bits per heavy atom. The first-order chi connectivity index (χ1) is 16.9. The maximum absolute atomic E-state index is 10.5. The summed E-state index contributed by atoms with van der Waals surface area (Å²) in [5.74, 6) is 1.10. The Balaban J connectivity index is 1.60. The summed E-state index contributed by atoms with van der Waals surface area (Å²) in [5.41, 5.74) is 4.44. The number of benzene rings is 3. The first-order valence-electron chi connectivity index (χ1n) is 11.8. The van der Waals surface area contributed by atoms with Gasteiger partial charge < -0.3 is 14.9 Å². The fourth-order valence-electron chi connectivity index (χ4n) is 4.53. The first kappa shape index (κ1) is 22.5. The molecule has 35 heavy (non-hydrogen) atoms. The van der Waals surface area contributed by atoms with E-state index >= 15 is 0 Å². The SMILES string of the molecule is CN1C=CN(c2cccc(N(c3ccccc3)c3cccc(C(C)(C)c4ccccc4O)n3)c2)C1. The lowest BCUT2D eigenvalue weighted by Gasteiger charge is -2.29. The maximum Gasteiger partial charge on any atom is 0.137 e. The quantitative estimate of drug-likeness (QED) is 0.343. The van der Waals surface area contributed by atoms with Crippen LogP contribution in [0.15, 0.2) is 109 Å². The van der Waals surface area contributed by atoms with E-state index in [4.69, 9.17) is 4.98 Å². The molecule has 0 saturated carbocycles. The fraction of sp³-hybridized carbons (Fsp3) is 0.167. The Kier molecular flexibility index (Phi) is 5.91. The monoisotopic (exact) mass is 462 g/mol. The van der Waals surface area contributed by atoms with Crippen LogP contribution in [0.5, 0.6) is 5.75 Å². The third-order valence-electron chi connectivity index (χ3n) is 6.49. The molecule has 1 aromatic heterocycles. The van der Waals surface area contributed by atoms with Gasteiger partial charge in [0.05, 0.1) is 12.4 Å². The Morgan fingerprint density at radius 1 is 0.800 bits per heavy atom. The molecule has 1 N–H and O–H groups in total. The highest BCUT2D eigenvalue weighted by Crippen LogP contribution is 2.39. The summed E-state index contributed by atoms with van der Waals surface area (Å²) in [4.78, 5) is 11.7. The van der Waals surface area contributed by atoms with Crippen LogP contribution in [0.3, 0.4) is 0 Å². The van der Waals surface area contributed by atoms with Gasteiger partial charge in [0.15, 0.2) is 0 Å². The zero-order chi connectivity index (χ0) is 24.4. The minimum Gasteiger partial charge on any atom is -0.508 e. The first-order valence-corrected chi connectivity index (χ1v) is 11.8. The third-order valence-corrected chi connectivity index (χ3v) is 6.49. The van der Waals surface area contributed by atoms with Gasteiger partial charge in [0, 0.05) is 47.5 Å². The molecule has 2 heterocycles. The van der Waals surface area contributed by atoms with E-state index in [0.717, 1.165) is 40.8 Å². The van der Waals surface area contributed by atoms with Gasteiger partial charge in [-0.05, 0) is 48.5 Å². The van der Waals surface area contributed by atoms with Gasteiger partial charge in [-0.1, -0.05) is 62.4 Å². The molecule has 0 unspecified atom stereocenters. The molecule has 4 aromatic rings. The van der Waals surface area contributed by atoms with E-state index in [9.17, 15) is 5.11 Å². The fourth-order valence-corrected chi connectivity index (χ4v) is 4.53. The van der Waals surface area contributed by atoms with E-state index in [1.165, 1.54) is 0 Å². The van der Waals surface area contributed by atoms with Gasteiger partial charge in [-0.2, -0.15) is 0 Å². The average Bonchev–Trinajstić information content (AvgIpc) is 3.32. The average molecular weight is 463 g/mol. The zero-order valence-corrected chi connectivity index (χ0v) is 20.3. The van der Waals surface area contributed by atoms with Gasteiger partial charge in [0.1, 0.15) is 11.6 Å². The van der Waals surface area contributed by atoms with Crippen LogP contribution in [0.4, 0.5) is 22.9 Å². The molecule has 3 aromatic carbocycles. The Morgan fingerprint density at radius 3 is 2.26 bits per heavy atom. The summed E-state index contributed by atoms with van der Waals surface area (Å²) in [6.45, 7) is 5.01. The molecule has 0 fully saturated rings. The van der Waals surface area contributed by atoms with Gasteiger partial charge in [-0.25, -0.2) is 4.98 Å². The van der Waals surface area contributed by atoms with E-state index in [-0.39, 0.29) is 5.75 Å². The minimum absolute atomic E-state index is 0.279. The highest BCUT2D eigenvalue weighted by atomic mass is 16.3.